The van der Waals surface area contributed by atoms with Gasteiger partial charge in [0, 0.05) is 0 Å². The minimum absolute atomic E-state index is 0.0377. The van der Waals surface area contributed by atoms with Crippen LogP contribution in [0, 0.1) is 10.1 Å². The minimum Gasteiger partial charge on any atom is -0.318 e. The van der Waals surface area contributed by atoms with Crippen LogP contribution < -0.4 is 11.3 Å². The number of fused-ring (bicyclic) bond motifs is 1. The second kappa shape index (κ2) is 5.68. The quantitative estimate of drug-likeness (QED) is 0.433. The van der Waals surface area contributed by atoms with Gasteiger partial charge in [0.05, 0.1) is 20.0 Å². The van der Waals surface area contributed by atoms with E-state index >= 15 is 0 Å². The molecule has 8 heteroatoms. The summed E-state index contributed by atoms with van der Waals surface area (Å²) in [5.41, 5.74) is 3.49. The van der Waals surface area contributed by atoms with E-state index in [2.05, 4.69) is 10.4 Å². The van der Waals surface area contributed by atoms with E-state index in [1.165, 1.54) is 23.1 Å². The molecule has 2 aromatic carbocycles. The molecule has 0 aliphatic rings. The number of nitrogens with one attached hydrogen (secondary N) is 1. The first kappa shape index (κ1) is 13.8. The smallest absolute Gasteiger partial charge is 0.307 e. The summed E-state index contributed by atoms with van der Waals surface area (Å²) in [7, 11) is 0. The van der Waals surface area contributed by atoms with Crippen LogP contribution in [0.4, 0.5) is 11.4 Å². The highest BCUT2D eigenvalue weighted by Gasteiger charge is 2.21. The number of thiazole rings is 1. The number of anilines is 1. The number of nitrogen functional groups attached to an aromatic ring is 1. The molecule has 3 rings (SSSR count). The summed E-state index contributed by atoms with van der Waals surface area (Å²) in [4.78, 5) is 15.8. The molecule has 0 atom stereocenters. The second-order valence-corrected chi connectivity index (χ2v) is 6.42. The molecule has 21 heavy (non-hydrogen) atoms. The number of nitro benzene ring substituents is 1. The third kappa shape index (κ3) is 2.68. The molecule has 0 saturated carbocycles. The van der Waals surface area contributed by atoms with Crippen LogP contribution in [0.25, 0.3) is 10.2 Å². The molecule has 0 aliphatic carbocycles. The summed E-state index contributed by atoms with van der Waals surface area (Å²) in [5, 5.41) is 11.2. The van der Waals surface area contributed by atoms with Gasteiger partial charge in [0.25, 0.3) is 0 Å². The Morgan fingerprint density at radius 2 is 2.05 bits per heavy atom. The summed E-state index contributed by atoms with van der Waals surface area (Å²) >= 11 is 2.77. The summed E-state index contributed by atoms with van der Waals surface area (Å²) in [6, 6.07) is 12.7. The average molecular weight is 318 g/mol. The van der Waals surface area contributed by atoms with Crippen LogP contribution in [-0.2, 0) is 0 Å². The van der Waals surface area contributed by atoms with E-state index in [0.29, 0.717) is 4.90 Å². The molecular weight excluding hydrogens is 308 g/mol. The average Bonchev–Trinajstić information content (AvgIpc) is 2.88. The third-order valence-corrected chi connectivity index (χ3v) is 4.95. The first-order valence-electron chi connectivity index (χ1n) is 5.96. The second-order valence-electron chi connectivity index (χ2n) is 4.10. The zero-order chi connectivity index (χ0) is 14.8. The molecule has 3 aromatic rings. The number of nitrogens with zero attached hydrogens (tertiary/aromatic N) is 2. The van der Waals surface area contributed by atoms with Crippen molar-refractivity contribution < 1.29 is 4.92 Å². The third-order valence-electron chi connectivity index (χ3n) is 2.81. The van der Waals surface area contributed by atoms with Gasteiger partial charge < -0.3 is 5.43 Å². The van der Waals surface area contributed by atoms with Gasteiger partial charge in [0.15, 0.2) is 4.34 Å². The Hall–Kier alpha value is -2.16. The van der Waals surface area contributed by atoms with Crippen molar-refractivity contribution in [3.05, 3.63) is 52.6 Å². The molecule has 3 N–H and O–H groups in total. The fourth-order valence-corrected chi connectivity index (χ4v) is 4.06. The maximum Gasteiger partial charge on any atom is 0.307 e. The topological polar surface area (TPSA) is 94.1 Å². The van der Waals surface area contributed by atoms with Crippen LogP contribution in [0.15, 0.2) is 51.7 Å². The predicted octanol–water partition coefficient (Wildman–Crippen LogP) is 3.64. The van der Waals surface area contributed by atoms with E-state index in [-0.39, 0.29) is 11.4 Å². The summed E-state index contributed by atoms with van der Waals surface area (Å²) in [6.07, 6.45) is 0. The van der Waals surface area contributed by atoms with Crippen molar-refractivity contribution in [3.8, 4) is 0 Å². The Morgan fingerprint density at radius 3 is 2.76 bits per heavy atom. The monoisotopic (exact) mass is 318 g/mol. The summed E-state index contributed by atoms with van der Waals surface area (Å²) in [5.74, 6) is 5.34. The fraction of sp³-hybridized carbons (Fsp3) is 0. The molecule has 0 radical (unpaired) electrons. The molecule has 0 spiro atoms. The highest BCUT2D eigenvalue weighted by Crippen LogP contribution is 2.41. The van der Waals surface area contributed by atoms with Crippen LogP contribution in [0.1, 0.15) is 0 Å². The van der Waals surface area contributed by atoms with Crippen molar-refractivity contribution >= 4 is 44.7 Å². The van der Waals surface area contributed by atoms with Gasteiger partial charge in [-0.3, -0.25) is 16.0 Å². The first-order chi connectivity index (χ1) is 10.2. The van der Waals surface area contributed by atoms with E-state index in [0.717, 1.165) is 14.6 Å². The fourth-order valence-electron chi connectivity index (χ4n) is 1.90. The van der Waals surface area contributed by atoms with Crippen molar-refractivity contribution in [2.75, 3.05) is 5.43 Å². The van der Waals surface area contributed by atoms with Crippen LogP contribution >= 0.6 is 23.1 Å². The number of rotatable bonds is 4. The van der Waals surface area contributed by atoms with Crippen molar-refractivity contribution in [3.63, 3.8) is 0 Å². The van der Waals surface area contributed by atoms with Crippen molar-refractivity contribution in [2.24, 2.45) is 5.84 Å². The van der Waals surface area contributed by atoms with Gasteiger partial charge in [-0.2, -0.15) is 0 Å². The van der Waals surface area contributed by atoms with E-state index in [9.17, 15) is 10.1 Å². The highest BCUT2D eigenvalue weighted by molar-refractivity contribution is 8.01. The van der Waals surface area contributed by atoms with Gasteiger partial charge in [-0.15, -0.1) is 11.3 Å². The van der Waals surface area contributed by atoms with Gasteiger partial charge in [0.1, 0.15) is 5.69 Å². The SMILES string of the molecule is NNc1cccc(Sc2nc3ccccc3s2)c1[N+](=O)[O-]. The molecule has 0 saturated heterocycles. The van der Waals surface area contributed by atoms with Gasteiger partial charge in [-0.1, -0.05) is 30.0 Å². The number of para-hydroxylation sites is 2. The van der Waals surface area contributed by atoms with Crippen molar-refractivity contribution in [1.82, 2.24) is 4.98 Å². The molecular formula is C13H10N4O2S2. The maximum absolute atomic E-state index is 11.2. The molecule has 0 fully saturated rings. The van der Waals surface area contributed by atoms with Gasteiger partial charge >= 0.3 is 5.69 Å². The number of aromatic nitrogens is 1. The maximum atomic E-state index is 11.2. The van der Waals surface area contributed by atoms with Crippen LogP contribution in [0.3, 0.4) is 0 Å². The molecule has 1 heterocycles. The van der Waals surface area contributed by atoms with E-state index in [1.807, 2.05) is 24.3 Å². The number of nitrogens with two attached hydrogens (primary N) is 1. The minimum atomic E-state index is -0.440. The van der Waals surface area contributed by atoms with E-state index < -0.39 is 4.92 Å². The normalized spacial score (nSPS) is 10.7. The van der Waals surface area contributed by atoms with Crippen molar-refractivity contribution in [2.45, 2.75) is 9.24 Å². The zero-order valence-electron chi connectivity index (χ0n) is 10.6. The van der Waals surface area contributed by atoms with Crippen molar-refractivity contribution in [1.29, 1.82) is 0 Å². The number of hydrogen-bond acceptors (Lipinski definition) is 7. The van der Waals surface area contributed by atoms with E-state index in [1.54, 1.807) is 18.2 Å². The number of hydrazine groups is 1. The lowest BCUT2D eigenvalue weighted by atomic mass is 10.3. The van der Waals surface area contributed by atoms with Gasteiger partial charge in [-0.05, 0) is 24.3 Å². The van der Waals surface area contributed by atoms with Gasteiger partial charge in [0.2, 0.25) is 0 Å². The highest BCUT2D eigenvalue weighted by atomic mass is 32.2. The molecule has 0 amide bonds. The predicted molar refractivity (Wildman–Crippen MR) is 84.6 cm³/mol. The lowest BCUT2D eigenvalue weighted by Gasteiger charge is -2.05. The summed E-state index contributed by atoms with van der Waals surface area (Å²) < 4.78 is 1.81. The Morgan fingerprint density at radius 1 is 1.24 bits per heavy atom. The molecule has 0 aliphatic heterocycles. The van der Waals surface area contributed by atoms with Crippen LogP contribution in [0.5, 0.6) is 0 Å². The zero-order valence-corrected chi connectivity index (χ0v) is 12.3. The van der Waals surface area contributed by atoms with Gasteiger partial charge in [-0.25, -0.2) is 4.98 Å². The lowest BCUT2D eigenvalue weighted by molar-refractivity contribution is -0.386. The number of nitro groups is 1. The Balaban J connectivity index is 2.03. The molecule has 0 unspecified atom stereocenters. The number of hydrogen-bond donors (Lipinski definition) is 2. The Bertz CT molecular complexity index is 786. The number of benzene rings is 2. The first-order valence-corrected chi connectivity index (χ1v) is 7.60. The molecule has 0 bridgehead atoms. The Kier molecular flexibility index (Phi) is 3.74. The Labute approximate surface area is 128 Å². The summed E-state index contributed by atoms with van der Waals surface area (Å²) in [6.45, 7) is 0. The van der Waals surface area contributed by atoms with Crippen LogP contribution in [-0.4, -0.2) is 9.91 Å². The largest absolute Gasteiger partial charge is 0.318 e. The molecule has 106 valence electrons. The standard InChI is InChI=1S/C13H10N4O2S2/c14-16-9-5-3-7-11(12(9)17(18)19)21-13-15-8-4-1-2-6-10(8)20-13/h1-7,16H,14H2. The lowest BCUT2D eigenvalue weighted by Crippen LogP contribution is -2.09. The van der Waals surface area contributed by atoms with E-state index in [4.69, 9.17) is 5.84 Å². The molecule has 1 aromatic heterocycles. The van der Waals surface area contributed by atoms with Crippen LogP contribution in [0.2, 0.25) is 0 Å². The molecule has 6 nitrogen and oxygen atoms in total.